The highest BCUT2D eigenvalue weighted by Crippen LogP contribution is 2.32. The van der Waals surface area contributed by atoms with Gasteiger partial charge in [0.25, 0.3) is 0 Å². The number of amides is 1. The van der Waals surface area contributed by atoms with Crippen LogP contribution in [0.15, 0.2) is 6.07 Å². The molecule has 0 atom stereocenters. The molecule has 0 saturated heterocycles. The zero-order valence-corrected chi connectivity index (χ0v) is 8.85. The molecular formula is C12H12N2O. The van der Waals surface area contributed by atoms with Crippen LogP contribution >= 0.6 is 0 Å². The average Bonchev–Trinajstić information content (AvgIpc) is 2.53. The van der Waals surface area contributed by atoms with E-state index in [0.29, 0.717) is 12.8 Å². The number of nitriles is 1. The van der Waals surface area contributed by atoms with Gasteiger partial charge in [-0.1, -0.05) is 6.07 Å². The quantitative estimate of drug-likeness (QED) is 0.752. The number of carbonyl (C=O) groups excluding carboxylic acids is 1. The fourth-order valence-corrected chi connectivity index (χ4v) is 2.01. The standard InChI is InChI=1S/C12H12N2O/c1-7-5-9-6-11(15)14-12(9)10(3-4-13)8(7)2/h5H,3,6H2,1-2H3,(H,14,15). The van der Waals surface area contributed by atoms with E-state index in [1.807, 2.05) is 19.9 Å². The van der Waals surface area contributed by atoms with Crippen molar-refractivity contribution in [3.63, 3.8) is 0 Å². The summed E-state index contributed by atoms with van der Waals surface area (Å²) in [5.41, 5.74) is 5.12. The molecule has 0 spiro atoms. The van der Waals surface area contributed by atoms with Crippen molar-refractivity contribution in [3.8, 4) is 6.07 Å². The van der Waals surface area contributed by atoms with Crippen molar-refractivity contribution in [1.82, 2.24) is 0 Å². The van der Waals surface area contributed by atoms with Gasteiger partial charge in [0.05, 0.1) is 18.9 Å². The summed E-state index contributed by atoms with van der Waals surface area (Å²) < 4.78 is 0. The molecule has 0 unspecified atom stereocenters. The normalized spacial score (nSPS) is 13.3. The van der Waals surface area contributed by atoms with Gasteiger partial charge in [0.2, 0.25) is 5.91 Å². The van der Waals surface area contributed by atoms with E-state index in [1.54, 1.807) is 0 Å². The van der Waals surface area contributed by atoms with Crippen LogP contribution in [-0.2, 0) is 17.6 Å². The summed E-state index contributed by atoms with van der Waals surface area (Å²) in [7, 11) is 0. The highest BCUT2D eigenvalue weighted by molar-refractivity contribution is 6.00. The van der Waals surface area contributed by atoms with Gasteiger partial charge in [0.15, 0.2) is 0 Å². The molecule has 1 amide bonds. The molecule has 1 N–H and O–H groups in total. The number of hydrogen-bond donors (Lipinski definition) is 1. The summed E-state index contributed by atoms with van der Waals surface area (Å²) >= 11 is 0. The maximum Gasteiger partial charge on any atom is 0.228 e. The maximum atomic E-state index is 11.3. The Morgan fingerprint density at radius 1 is 1.53 bits per heavy atom. The Kier molecular flexibility index (Phi) is 2.20. The molecule has 2 rings (SSSR count). The second-order valence-corrected chi connectivity index (χ2v) is 3.89. The van der Waals surface area contributed by atoms with Crippen molar-refractivity contribution in [2.45, 2.75) is 26.7 Å². The minimum absolute atomic E-state index is 0.0224. The first kappa shape index (κ1) is 9.72. The third-order valence-corrected chi connectivity index (χ3v) is 2.93. The first-order valence-electron chi connectivity index (χ1n) is 4.92. The van der Waals surface area contributed by atoms with Crippen molar-refractivity contribution in [1.29, 1.82) is 5.26 Å². The molecule has 0 bridgehead atoms. The van der Waals surface area contributed by atoms with Gasteiger partial charge in [-0.3, -0.25) is 4.79 Å². The molecule has 3 heteroatoms. The highest BCUT2D eigenvalue weighted by atomic mass is 16.1. The number of anilines is 1. The van der Waals surface area contributed by atoms with E-state index < -0.39 is 0 Å². The number of nitrogens with one attached hydrogen (secondary N) is 1. The van der Waals surface area contributed by atoms with Gasteiger partial charge in [-0.05, 0) is 36.1 Å². The molecule has 0 fully saturated rings. The van der Waals surface area contributed by atoms with Crippen LogP contribution in [0.5, 0.6) is 0 Å². The molecule has 1 aliphatic heterocycles. The second-order valence-electron chi connectivity index (χ2n) is 3.89. The minimum atomic E-state index is 0.0224. The van der Waals surface area contributed by atoms with Crippen molar-refractivity contribution in [2.75, 3.05) is 5.32 Å². The van der Waals surface area contributed by atoms with Crippen LogP contribution in [0, 0.1) is 25.2 Å². The van der Waals surface area contributed by atoms with E-state index in [0.717, 1.165) is 27.9 Å². The fourth-order valence-electron chi connectivity index (χ4n) is 2.01. The number of rotatable bonds is 1. The summed E-state index contributed by atoms with van der Waals surface area (Å²) in [5, 5.41) is 11.6. The lowest BCUT2D eigenvalue weighted by atomic mass is 9.95. The van der Waals surface area contributed by atoms with Crippen LogP contribution in [0.25, 0.3) is 0 Å². The summed E-state index contributed by atoms with van der Waals surface area (Å²) in [5.74, 6) is 0.0224. The molecule has 0 radical (unpaired) electrons. The lowest BCUT2D eigenvalue weighted by Crippen LogP contribution is -2.05. The van der Waals surface area contributed by atoms with Crippen molar-refractivity contribution < 1.29 is 4.79 Å². The van der Waals surface area contributed by atoms with Crippen LogP contribution in [0.3, 0.4) is 0 Å². The van der Waals surface area contributed by atoms with Crippen LogP contribution < -0.4 is 5.32 Å². The Balaban J connectivity index is 2.63. The fraction of sp³-hybridized carbons (Fsp3) is 0.333. The number of aryl methyl sites for hydroxylation is 1. The maximum absolute atomic E-state index is 11.3. The molecule has 0 saturated carbocycles. The van der Waals surface area contributed by atoms with Gasteiger partial charge in [-0.2, -0.15) is 5.26 Å². The lowest BCUT2D eigenvalue weighted by Gasteiger charge is -2.11. The van der Waals surface area contributed by atoms with Crippen molar-refractivity contribution >= 4 is 11.6 Å². The Morgan fingerprint density at radius 3 is 2.93 bits per heavy atom. The molecule has 0 aromatic heterocycles. The average molecular weight is 200 g/mol. The molecule has 0 aliphatic carbocycles. The Labute approximate surface area is 88.7 Å². The lowest BCUT2D eigenvalue weighted by molar-refractivity contribution is -0.115. The van der Waals surface area contributed by atoms with Crippen LogP contribution in [0.1, 0.15) is 22.3 Å². The van der Waals surface area contributed by atoms with Gasteiger partial charge in [-0.15, -0.1) is 0 Å². The van der Waals surface area contributed by atoms with E-state index >= 15 is 0 Å². The molecule has 1 heterocycles. The van der Waals surface area contributed by atoms with Gasteiger partial charge in [0.1, 0.15) is 0 Å². The number of fused-ring (bicyclic) bond motifs is 1. The largest absolute Gasteiger partial charge is 0.325 e. The van der Waals surface area contributed by atoms with Crippen LogP contribution in [-0.4, -0.2) is 5.91 Å². The zero-order chi connectivity index (χ0) is 11.0. The molecular weight excluding hydrogens is 188 g/mol. The minimum Gasteiger partial charge on any atom is -0.325 e. The van der Waals surface area contributed by atoms with Gasteiger partial charge in [0, 0.05) is 5.69 Å². The van der Waals surface area contributed by atoms with Crippen LogP contribution in [0.2, 0.25) is 0 Å². The first-order chi connectivity index (χ1) is 7.13. The third-order valence-electron chi connectivity index (χ3n) is 2.93. The van der Waals surface area contributed by atoms with E-state index in [2.05, 4.69) is 11.4 Å². The van der Waals surface area contributed by atoms with Crippen molar-refractivity contribution in [3.05, 3.63) is 28.3 Å². The zero-order valence-electron chi connectivity index (χ0n) is 8.85. The van der Waals surface area contributed by atoms with Crippen molar-refractivity contribution in [2.24, 2.45) is 0 Å². The second kappa shape index (κ2) is 3.39. The topological polar surface area (TPSA) is 52.9 Å². The number of hydrogen-bond acceptors (Lipinski definition) is 2. The predicted octanol–water partition coefficient (Wildman–Crippen LogP) is 1.86. The molecule has 1 aromatic rings. The summed E-state index contributed by atoms with van der Waals surface area (Å²) in [6, 6.07) is 4.18. The Hall–Kier alpha value is -1.82. The Bertz CT molecular complexity index is 483. The molecule has 76 valence electrons. The molecule has 1 aliphatic rings. The molecule has 3 nitrogen and oxygen atoms in total. The number of carbonyl (C=O) groups is 1. The van der Waals surface area contributed by atoms with Gasteiger partial charge < -0.3 is 5.32 Å². The van der Waals surface area contributed by atoms with E-state index in [4.69, 9.17) is 5.26 Å². The van der Waals surface area contributed by atoms with E-state index in [9.17, 15) is 4.79 Å². The first-order valence-corrected chi connectivity index (χ1v) is 4.92. The van der Waals surface area contributed by atoms with Gasteiger partial charge >= 0.3 is 0 Å². The third kappa shape index (κ3) is 1.48. The molecule has 15 heavy (non-hydrogen) atoms. The van der Waals surface area contributed by atoms with E-state index in [-0.39, 0.29) is 5.91 Å². The summed E-state index contributed by atoms with van der Waals surface area (Å²) in [6.07, 6.45) is 0.797. The smallest absolute Gasteiger partial charge is 0.228 e. The van der Waals surface area contributed by atoms with E-state index in [1.165, 1.54) is 0 Å². The monoisotopic (exact) mass is 200 g/mol. The SMILES string of the molecule is Cc1cc2c(c(CC#N)c1C)NC(=O)C2. The highest BCUT2D eigenvalue weighted by Gasteiger charge is 2.22. The molecule has 1 aromatic carbocycles. The Morgan fingerprint density at radius 2 is 2.27 bits per heavy atom. The number of nitrogens with zero attached hydrogens (tertiary/aromatic N) is 1. The number of benzene rings is 1. The van der Waals surface area contributed by atoms with Gasteiger partial charge in [-0.25, -0.2) is 0 Å². The van der Waals surface area contributed by atoms with Crippen LogP contribution in [0.4, 0.5) is 5.69 Å². The predicted molar refractivity (Wildman–Crippen MR) is 57.6 cm³/mol. The summed E-state index contributed by atoms with van der Waals surface area (Å²) in [4.78, 5) is 11.3. The summed E-state index contributed by atoms with van der Waals surface area (Å²) in [6.45, 7) is 4.01.